The van der Waals surface area contributed by atoms with Crippen LogP contribution in [0.1, 0.15) is 42.9 Å². The Labute approximate surface area is 134 Å². The van der Waals surface area contributed by atoms with E-state index in [0.29, 0.717) is 0 Å². The number of allylic oxidation sites excluding steroid dienone is 1. The lowest BCUT2D eigenvalue weighted by Crippen LogP contribution is -1.87. The lowest BCUT2D eigenvalue weighted by Gasteiger charge is -2.01. The average molecular weight is 291 g/mol. The molecule has 0 heterocycles. The van der Waals surface area contributed by atoms with Gasteiger partial charge >= 0.3 is 0 Å². The van der Waals surface area contributed by atoms with Crippen LogP contribution in [-0.2, 0) is 12.8 Å². The number of benzene rings is 2. The molecule has 0 aliphatic rings. The van der Waals surface area contributed by atoms with Gasteiger partial charge in [-0.05, 0) is 60.9 Å². The molecule has 0 aliphatic heterocycles. The van der Waals surface area contributed by atoms with Crippen molar-refractivity contribution in [1.29, 1.82) is 0 Å². The van der Waals surface area contributed by atoms with E-state index < -0.39 is 0 Å². The number of unbranched alkanes of at least 4 members (excludes halogenated alkanes) is 2. The Morgan fingerprint density at radius 2 is 1.59 bits per heavy atom. The van der Waals surface area contributed by atoms with Crippen molar-refractivity contribution in [2.75, 3.05) is 0 Å². The van der Waals surface area contributed by atoms with E-state index in [-0.39, 0.29) is 0 Å². The first-order valence-electron chi connectivity index (χ1n) is 8.14. The van der Waals surface area contributed by atoms with Gasteiger partial charge in [-0.15, -0.1) is 6.58 Å². The summed E-state index contributed by atoms with van der Waals surface area (Å²) in [5.41, 5.74) is 4.90. The van der Waals surface area contributed by atoms with Crippen LogP contribution >= 0.6 is 0 Å². The summed E-state index contributed by atoms with van der Waals surface area (Å²) in [6, 6.07) is 17.1. The summed E-state index contributed by atoms with van der Waals surface area (Å²) in [7, 11) is 0. The van der Waals surface area contributed by atoms with Gasteiger partial charge in [0.25, 0.3) is 0 Å². The summed E-state index contributed by atoms with van der Waals surface area (Å²) < 4.78 is 0. The van der Waals surface area contributed by atoms with Crippen LogP contribution in [-0.4, -0.2) is 6.21 Å². The van der Waals surface area contributed by atoms with Crippen LogP contribution in [0.5, 0.6) is 0 Å². The van der Waals surface area contributed by atoms with Crippen molar-refractivity contribution in [3.63, 3.8) is 0 Å². The third-order valence-electron chi connectivity index (χ3n) is 3.81. The van der Waals surface area contributed by atoms with Gasteiger partial charge in [0.05, 0.1) is 5.69 Å². The maximum absolute atomic E-state index is 4.53. The van der Waals surface area contributed by atoms with Crippen molar-refractivity contribution in [2.24, 2.45) is 4.99 Å². The topological polar surface area (TPSA) is 12.4 Å². The molecular formula is C21H25N. The fourth-order valence-electron chi connectivity index (χ4n) is 2.35. The van der Waals surface area contributed by atoms with Gasteiger partial charge in [-0.25, -0.2) is 0 Å². The molecule has 0 aliphatic carbocycles. The molecule has 0 fully saturated rings. The van der Waals surface area contributed by atoms with Gasteiger partial charge < -0.3 is 0 Å². The Hall–Kier alpha value is -2.15. The maximum atomic E-state index is 4.53. The second-order valence-electron chi connectivity index (χ2n) is 5.55. The Bertz CT molecular complexity index is 591. The molecule has 0 unspecified atom stereocenters. The minimum atomic E-state index is 1.01. The quantitative estimate of drug-likeness (QED) is 0.326. The highest BCUT2D eigenvalue weighted by Gasteiger charge is 1.95. The predicted molar refractivity (Wildman–Crippen MR) is 97.3 cm³/mol. The van der Waals surface area contributed by atoms with Crippen molar-refractivity contribution in [2.45, 2.75) is 39.0 Å². The number of nitrogens with zero attached hydrogens (tertiary/aromatic N) is 1. The highest BCUT2D eigenvalue weighted by molar-refractivity contribution is 5.81. The molecule has 2 aromatic rings. The van der Waals surface area contributed by atoms with Crippen LogP contribution < -0.4 is 0 Å². The normalized spacial score (nSPS) is 11.0. The molecule has 114 valence electrons. The van der Waals surface area contributed by atoms with E-state index in [9.17, 15) is 0 Å². The van der Waals surface area contributed by atoms with Crippen LogP contribution in [0, 0.1) is 0 Å². The smallest absolute Gasteiger partial charge is 0.0630 e. The minimum absolute atomic E-state index is 1.01. The van der Waals surface area contributed by atoms with Gasteiger partial charge in [-0.2, -0.15) is 0 Å². The van der Waals surface area contributed by atoms with Crippen LogP contribution in [0.25, 0.3) is 0 Å². The molecule has 0 aromatic heterocycles. The van der Waals surface area contributed by atoms with Gasteiger partial charge in [0.2, 0.25) is 0 Å². The lowest BCUT2D eigenvalue weighted by molar-refractivity contribution is 0.748. The second-order valence-corrected chi connectivity index (χ2v) is 5.55. The van der Waals surface area contributed by atoms with Gasteiger partial charge in [0, 0.05) is 6.21 Å². The minimum Gasteiger partial charge on any atom is -0.256 e. The second kappa shape index (κ2) is 8.99. The van der Waals surface area contributed by atoms with Crippen molar-refractivity contribution in [3.05, 3.63) is 77.9 Å². The van der Waals surface area contributed by atoms with E-state index in [4.69, 9.17) is 0 Å². The molecule has 0 radical (unpaired) electrons. The average Bonchev–Trinajstić information content (AvgIpc) is 2.58. The van der Waals surface area contributed by atoms with Crippen LogP contribution in [0.2, 0.25) is 0 Å². The first kappa shape index (κ1) is 16.2. The van der Waals surface area contributed by atoms with Crippen molar-refractivity contribution >= 4 is 11.9 Å². The highest BCUT2D eigenvalue weighted by atomic mass is 14.7. The molecule has 0 amide bonds. The van der Waals surface area contributed by atoms with E-state index in [2.05, 4.69) is 67.0 Å². The monoisotopic (exact) mass is 291 g/mol. The zero-order valence-corrected chi connectivity index (χ0v) is 13.5. The van der Waals surface area contributed by atoms with E-state index >= 15 is 0 Å². The first-order valence-corrected chi connectivity index (χ1v) is 8.14. The van der Waals surface area contributed by atoms with Crippen molar-refractivity contribution in [3.8, 4) is 0 Å². The summed E-state index contributed by atoms with van der Waals surface area (Å²) in [5, 5.41) is 0. The standard InChI is InChI=1S/C21H25N/c1-3-5-6-7-8-19-9-11-20(12-10-19)17-22-21-15-13-18(4-2)14-16-21/h3,9-17H,1,4-8H2,2H3. The fourth-order valence-corrected chi connectivity index (χ4v) is 2.35. The number of aliphatic imine (C=N–C) groups is 1. The SMILES string of the molecule is C=CCCCCc1ccc(C=Nc2ccc(CC)cc2)cc1. The molecule has 1 heteroatoms. The van der Waals surface area contributed by atoms with Crippen LogP contribution in [0.4, 0.5) is 5.69 Å². The number of hydrogen-bond acceptors (Lipinski definition) is 1. The number of rotatable bonds is 8. The summed E-state index contributed by atoms with van der Waals surface area (Å²) in [4.78, 5) is 4.53. The molecule has 0 spiro atoms. The largest absolute Gasteiger partial charge is 0.256 e. The van der Waals surface area contributed by atoms with E-state index in [0.717, 1.165) is 30.5 Å². The van der Waals surface area contributed by atoms with Gasteiger partial charge in [-0.3, -0.25) is 4.99 Å². The molecule has 0 saturated carbocycles. The lowest BCUT2D eigenvalue weighted by atomic mass is 10.1. The van der Waals surface area contributed by atoms with Gasteiger partial charge in [-0.1, -0.05) is 49.4 Å². The molecular weight excluding hydrogens is 266 g/mol. The Kier molecular flexibility index (Phi) is 6.63. The summed E-state index contributed by atoms with van der Waals surface area (Å²) in [5.74, 6) is 0. The molecule has 22 heavy (non-hydrogen) atoms. The maximum Gasteiger partial charge on any atom is 0.0630 e. The molecule has 2 aromatic carbocycles. The first-order chi connectivity index (χ1) is 10.8. The zero-order chi connectivity index (χ0) is 15.6. The molecule has 0 bridgehead atoms. The van der Waals surface area contributed by atoms with E-state index in [1.54, 1.807) is 0 Å². The highest BCUT2D eigenvalue weighted by Crippen LogP contribution is 2.14. The van der Waals surface area contributed by atoms with Gasteiger partial charge in [0.15, 0.2) is 0 Å². The summed E-state index contributed by atoms with van der Waals surface area (Å²) in [6.45, 7) is 5.92. The third kappa shape index (κ3) is 5.33. The van der Waals surface area contributed by atoms with E-state index in [1.807, 2.05) is 12.3 Å². The Balaban J connectivity index is 1.89. The fraction of sp³-hybridized carbons (Fsp3) is 0.286. The van der Waals surface area contributed by atoms with Crippen molar-refractivity contribution in [1.82, 2.24) is 0 Å². The molecule has 0 saturated heterocycles. The van der Waals surface area contributed by atoms with Crippen LogP contribution in [0.15, 0.2) is 66.2 Å². The predicted octanol–water partition coefficient (Wildman–Crippen LogP) is 5.90. The molecule has 0 N–H and O–H groups in total. The zero-order valence-electron chi connectivity index (χ0n) is 13.5. The Morgan fingerprint density at radius 3 is 2.23 bits per heavy atom. The summed E-state index contributed by atoms with van der Waals surface area (Å²) >= 11 is 0. The van der Waals surface area contributed by atoms with E-state index in [1.165, 1.54) is 24.0 Å². The van der Waals surface area contributed by atoms with Gasteiger partial charge in [0.1, 0.15) is 0 Å². The summed E-state index contributed by atoms with van der Waals surface area (Å²) in [6.07, 6.45) is 9.70. The van der Waals surface area contributed by atoms with Crippen LogP contribution in [0.3, 0.4) is 0 Å². The molecule has 1 nitrogen and oxygen atoms in total. The molecule has 0 atom stereocenters. The number of aryl methyl sites for hydroxylation is 2. The number of hydrogen-bond donors (Lipinski definition) is 0. The molecule has 2 rings (SSSR count). The third-order valence-corrected chi connectivity index (χ3v) is 3.81. The van der Waals surface area contributed by atoms with Crippen molar-refractivity contribution < 1.29 is 0 Å². The Morgan fingerprint density at radius 1 is 0.909 bits per heavy atom.